The maximum Gasteiger partial charge on any atom is 0.410 e. The minimum Gasteiger partial charge on any atom is -0.444 e. The van der Waals surface area contributed by atoms with Crippen LogP contribution in [0, 0.1) is 0 Å². The lowest BCUT2D eigenvalue weighted by molar-refractivity contribution is 0.0249. The van der Waals surface area contributed by atoms with Gasteiger partial charge in [0.15, 0.2) is 0 Å². The summed E-state index contributed by atoms with van der Waals surface area (Å²) in [6, 6.07) is 0. The molecule has 0 bridgehead atoms. The van der Waals surface area contributed by atoms with Crippen LogP contribution in [0.1, 0.15) is 54.4 Å². The largest absolute Gasteiger partial charge is 0.444 e. The average Bonchev–Trinajstić information content (AvgIpc) is 2.56. The molecule has 0 aromatic carbocycles. The number of hydrogen-bond acceptors (Lipinski definition) is 4. The third kappa shape index (κ3) is 9.17. The van der Waals surface area contributed by atoms with Crippen molar-refractivity contribution in [1.82, 2.24) is 4.90 Å². The zero-order chi connectivity index (χ0) is 19.5. The molecule has 0 aliphatic carbocycles. The summed E-state index contributed by atoms with van der Waals surface area (Å²) in [5.41, 5.74) is -0.508. The minimum absolute atomic E-state index is 0.0549. The maximum atomic E-state index is 12.3. The quantitative estimate of drug-likeness (QED) is 0.541. The number of rotatable bonds is 10. The summed E-state index contributed by atoms with van der Waals surface area (Å²) in [6.07, 6.45) is 8.83. The van der Waals surface area contributed by atoms with Crippen molar-refractivity contribution in [3.8, 4) is 0 Å². The Bertz CT molecular complexity index is 474. The molecule has 0 aliphatic heterocycles. The van der Waals surface area contributed by atoms with Gasteiger partial charge in [-0.1, -0.05) is 31.7 Å². The zero-order valence-electron chi connectivity index (χ0n) is 16.7. The molecule has 0 saturated carbocycles. The second-order valence-corrected chi connectivity index (χ2v) is 8.43. The summed E-state index contributed by atoms with van der Waals surface area (Å²) < 4.78 is 5.13. The fraction of sp³-hybridized carbons (Fsp3) is 0.650. The number of carbonyl (C=O) groups excluding carboxylic acids is 1. The number of hydrogen-bond donors (Lipinski definition) is 1. The van der Waals surface area contributed by atoms with Gasteiger partial charge in [-0.3, -0.25) is 0 Å². The second-order valence-electron chi connectivity index (χ2n) is 6.89. The fourth-order valence-corrected chi connectivity index (χ4v) is 3.34. The van der Waals surface area contributed by atoms with Crippen molar-refractivity contribution in [3.63, 3.8) is 0 Å². The lowest BCUT2D eigenvalue weighted by Crippen LogP contribution is -2.40. The highest BCUT2D eigenvalue weighted by Crippen LogP contribution is 2.38. The summed E-state index contributed by atoms with van der Waals surface area (Å²) in [5.74, 6) is 0. The van der Waals surface area contributed by atoms with E-state index in [0.717, 1.165) is 11.3 Å². The third-order valence-electron chi connectivity index (χ3n) is 3.82. The van der Waals surface area contributed by atoms with Gasteiger partial charge in [-0.05, 0) is 53.5 Å². The van der Waals surface area contributed by atoms with Crippen molar-refractivity contribution >= 4 is 17.9 Å². The second kappa shape index (κ2) is 11.4. The van der Waals surface area contributed by atoms with E-state index in [-0.39, 0.29) is 17.4 Å². The molecular formula is C20H35NO3S. The Morgan fingerprint density at radius 3 is 2.36 bits per heavy atom. The average molecular weight is 370 g/mol. The van der Waals surface area contributed by atoms with Crippen LogP contribution in [0.4, 0.5) is 4.79 Å². The van der Waals surface area contributed by atoms with Crippen molar-refractivity contribution in [2.45, 2.75) is 64.7 Å². The normalized spacial score (nSPS) is 15.1. The number of nitrogens with zero attached hydrogens (tertiary/aromatic N) is 1. The highest BCUT2D eigenvalue weighted by atomic mass is 32.2. The van der Waals surface area contributed by atoms with E-state index < -0.39 is 5.60 Å². The van der Waals surface area contributed by atoms with E-state index in [1.807, 2.05) is 52.8 Å². The predicted octanol–water partition coefficient (Wildman–Crippen LogP) is 5.15. The van der Waals surface area contributed by atoms with Crippen LogP contribution in [0.5, 0.6) is 0 Å². The smallest absolute Gasteiger partial charge is 0.410 e. The van der Waals surface area contributed by atoms with Crippen LogP contribution in [0.25, 0.3) is 0 Å². The fourth-order valence-electron chi connectivity index (χ4n) is 2.17. The first kappa shape index (κ1) is 23.8. The number of thioether (sulfide) groups is 1. The summed E-state index contributed by atoms with van der Waals surface area (Å²) in [5, 5.41) is 10.0. The molecule has 0 rings (SSSR count). The van der Waals surface area contributed by atoms with E-state index in [1.165, 1.54) is 0 Å². The van der Waals surface area contributed by atoms with Crippen molar-refractivity contribution < 1.29 is 14.6 Å². The molecule has 1 unspecified atom stereocenters. The zero-order valence-corrected chi connectivity index (χ0v) is 17.5. The Balaban J connectivity index is 5.07. The Hall–Kier alpha value is -1.20. The van der Waals surface area contributed by atoms with Crippen molar-refractivity contribution in [2.75, 3.05) is 19.7 Å². The first-order chi connectivity index (χ1) is 11.7. The number of amides is 1. The van der Waals surface area contributed by atoms with E-state index in [1.54, 1.807) is 22.7 Å². The van der Waals surface area contributed by atoms with E-state index in [4.69, 9.17) is 4.74 Å². The maximum absolute atomic E-state index is 12.3. The Morgan fingerprint density at radius 1 is 1.32 bits per heavy atom. The molecule has 5 heteroatoms. The molecule has 0 aromatic rings. The van der Waals surface area contributed by atoms with Gasteiger partial charge in [0.1, 0.15) is 5.60 Å². The summed E-state index contributed by atoms with van der Waals surface area (Å²) in [7, 11) is 0. The van der Waals surface area contributed by atoms with Gasteiger partial charge in [0.2, 0.25) is 0 Å². The molecular weight excluding hydrogens is 334 g/mol. The number of ether oxygens (including phenoxy) is 1. The SMILES string of the molecule is C=C/C=C\C(=C/C)SC(CC)(CO)CCN(CC)C(=O)OC(C)(C)C. The van der Waals surface area contributed by atoms with Gasteiger partial charge in [0, 0.05) is 22.7 Å². The molecule has 0 radical (unpaired) electrons. The van der Waals surface area contributed by atoms with E-state index in [2.05, 4.69) is 13.5 Å². The number of carbonyl (C=O) groups is 1. The highest BCUT2D eigenvalue weighted by Gasteiger charge is 2.31. The molecule has 0 aliphatic rings. The molecule has 25 heavy (non-hydrogen) atoms. The molecule has 0 spiro atoms. The standard InChI is InChI=1S/C20H35NO3S/c1-8-12-13-17(9-2)25-20(10-3,16-22)14-15-21(11-4)18(23)24-19(5,6)7/h8-9,12-13,22H,1,10-11,14-16H2,2-7H3/b13-12-,17-9+. The van der Waals surface area contributed by atoms with Crippen molar-refractivity contribution in [2.24, 2.45) is 0 Å². The van der Waals surface area contributed by atoms with Crippen molar-refractivity contribution in [1.29, 1.82) is 0 Å². The monoisotopic (exact) mass is 369 g/mol. The number of aliphatic hydroxyl groups is 1. The molecule has 1 amide bonds. The van der Waals surface area contributed by atoms with Crippen LogP contribution in [0.3, 0.4) is 0 Å². The molecule has 0 aromatic heterocycles. The third-order valence-corrected chi connectivity index (χ3v) is 5.48. The van der Waals surface area contributed by atoms with Gasteiger partial charge >= 0.3 is 6.09 Å². The summed E-state index contributed by atoms with van der Waals surface area (Å²) in [4.78, 5) is 15.1. The molecule has 0 heterocycles. The molecule has 144 valence electrons. The van der Waals surface area contributed by atoms with Crippen LogP contribution in [-0.4, -0.2) is 46.1 Å². The van der Waals surface area contributed by atoms with Gasteiger partial charge in [0.25, 0.3) is 0 Å². The van der Waals surface area contributed by atoms with E-state index in [9.17, 15) is 9.90 Å². The Labute approximate surface area is 158 Å². The van der Waals surface area contributed by atoms with Gasteiger partial charge in [-0.25, -0.2) is 4.79 Å². The Kier molecular flexibility index (Phi) is 10.9. The highest BCUT2D eigenvalue weighted by molar-refractivity contribution is 8.04. The van der Waals surface area contributed by atoms with Gasteiger partial charge in [-0.15, -0.1) is 11.8 Å². The molecule has 1 N–H and O–H groups in total. The summed E-state index contributed by atoms with van der Waals surface area (Å²) in [6.45, 7) is 16.5. The first-order valence-corrected chi connectivity index (χ1v) is 9.71. The van der Waals surface area contributed by atoms with E-state index in [0.29, 0.717) is 19.5 Å². The molecule has 0 saturated heterocycles. The van der Waals surface area contributed by atoms with E-state index >= 15 is 0 Å². The van der Waals surface area contributed by atoms with Crippen LogP contribution < -0.4 is 0 Å². The lowest BCUT2D eigenvalue weighted by Gasteiger charge is -2.33. The minimum atomic E-state index is -0.508. The van der Waals surface area contributed by atoms with Crippen LogP contribution in [-0.2, 0) is 4.74 Å². The predicted molar refractivity (Wildman–Crippen MR) is 109 cm³/mol. The van der Waals surface area contributed by atoms with Crippen LogP contribution >= 0.6 is 11.8 Å². The lowest BCUT2D eigenvalue weighted by atomic mass is 10.0. The molecule has 4 nitrogen and oxygen atoms in total. The number of allylic oxidation sites excluding steroid dienone is 4. The van der Waals surface area contributed by atoms with Gasteiger partial charge in [-0.2, -0.15) is 0 Å². The molecule has 0 fully saturated rings. The number of aliphatic hydroxyl groups excluding tert-OH is 1. The topological polar surface area (TPSA) is 49.8 Å². The van der Waals surface area contributed by atoms with Crippen LogP contribution in [0.2, 0.25) is 0 Å². The Morgan fingerprint density at radius 2 is 1.96 bits per heavy atom. The van der Waals surface area contributed by atoms with Crippen LogP contribution in [0.15, 0.2) is 35.8 Å². The van der Waals surface area contributed by atoms with Gasteiger partial charge in [0.05, 0.1) is 6.61 Å². The van der Waals surface area contributed by atoms with Crippen molar-refractivity contribution in [3.05, 3.63) is 35.8 Å². The first-order valence-electron chi connectivity index (χ1n) is 8.90. The molecule has 1 atom stereocenters. The summed E-state index contributed by atoms with van der Waals surface area (Å²) >= 11 is 1.65. The van der Waals surface area contributed by atoms with Gasteiger partial charge < -0.3 is 14.7 Å².